The first-order valence-corrected chi connectivity index (χ1v) is 6.67. The third-order valence-corrected chi connectivity index (χ3v) is 3.02. The van der Waals surface area contributed by atoms with Gasteiger partial charge in [0, 0.05) is 13.5 Å². The number of hydrogen-bond acceptors (Lipinski definition) is 4. The summed E-state index contributed by atoms with van der Waals surface area (Å²) in [6.07, 6.45) is 2.12. The van der Waals surface area contributed by atoms with Gasteiger partial charge in [-0.1, -0.05) is 18.2 Å². The maximum atomic E-state index is 10.3. The monoisotopic (exact) mass is 273 g/mol. The summed E-state index contributed by atoms with van der Waals surface area (Å²) < 4.78 is 7.48. The number of carbonyl (C=O) groups is 1. The van der Waals surface area contributed by atoms with Crippen molar-refractivity contribution in [2.75, 3.05) is 19.0 Å². The number of hydrogen-bond donors (Lipinski definition) is 1. The summed E-state index contributed by atoms with van der Waals surface area (Å²) >= 11 is 0. The Morgan fingerprint density at radius 3 is 2.75 bits per heavy atom. The van der Waals surface area contributed by atoms with Gasteiger partial charge < -0.3 is 14.8 Å². The Morgan fingerprint density at radius 1 is 1.35 bits per heavy atom. The molecule has 0 atom stereocenters. The number of aldehydes is 1. The zero-order valence-electron chi connectivity index (χ0n) is 11.8. The van der Waals surface area contributed by atoms with Gasteiger partial charge >= 0.3 is 0 Å². The van der Waals surface area contributed by atoms with Gasteiger partial charge in [0.25, 0.3) is 0 Å². The van der Waals surface area contributed by atoms with Crippen LogP contribution in [0.4, 0.5) is 5.82 Å². The molecule has 0 aliphatic carbocycles. The van der Waals surface area contributed by atoms with Crippen LogP contribution in [0, 0.1) is 6.92 Å². The average molecular weight is 273 g/mol. The number of benzene rings is 1. The standard InChI is InChI=1S/C15H19N3O2/c1-12-14(16-2)18(13-8-4-3-5-9-13)17-15(12)20-11-7-6-10-19/h3-5,8-10,16H,6-7,11H2,1-2H3. The lowest BCUT2D eigenvalue weighted by Crippen LogP contribution is -2.02. The van der Waals surface area contributed by atoms with Gasteiger partial charge in [-0.15, -0.1) is 5.10 Å². The molecule has 0 amide bonds. The molecule has 2 aromatic rings. The van der Waals surface area contributed by atoms with E-state index >= 15 is 0 Å². The second kappa shape index (κ2) is 6.75. The van der Waals surface area contributed by atoms with Crippen molar-refractivity contribution in [3.63, 3.8) is 0 Å². The summed E-state index contributed by atoms with van der Waals surface area (Å²) in [5.41, 5.74) is 1.94. The van der Waals surface area contributed by atoms with Gasteiger partial charge in [0.15, 0.2) is 0 Å². The van der Waals surface area contributed by atoms with E-state index in [9.17, 15) is 4.79 Å². The Labute approximate surface area is 118 Å². The van der Waals surface area contributed by atoms with Crippen molar-refractivity contribution in [3.05, 3.63) is 35.9 Å². The highest BCUT2D eigenvalue weighted by Crippen LogP contribution is 2.27. The molecule has 0 aliphatic heterocycles. The number of anilines is 1. The van der Waals surface area contributed by atoms with Crippen molar-refractivity contribution >= 4 is 12.1 Å². The first-order valence-electron chi connectivity index (χ1n) is 6.67. The van der Waals surface area contributed by atoms with Crippen LogP contribution in [-0.4, -0.2) is 29.7 Å². The van der Waals surface area contributed by atoms with Crippen LogP contribution in [0.1, 0.15) is 18.4 Å². The minimum atomic E-state index is 0.495. The van der Waals surface area contributed by atoms with Crippen molar-refractivity contribution < 1.29 is 9.53 Å². The molecule has 0 radical (unpaired) electrons. The zero-order valence-corrected chi connectivity index (χ0v) is 11.8. The minimum absolute atomic E-state index is 0.495. The maximum Gasteiger partial charge on any atom is 0.238 e. The number of nitrogens with zero attached hydrogens (tertiary/aromatic N) is 2. The van der Waals surface area contributed by atoms with Crippen molar-refractivity contribution in [3.8, 4) is 11.6 Å². The van der Waals surface area contributed by atoms with E-state index in [4.69, 9.17) is 4.74 Å². The Morgan fingerprint density at radius 2 is 2.10 bits per heavy atom. The molecule has 0 saturated heterocycles. The molecule has 0 unspecified atom stereocenters. The predicted molar refractivity (Wildman–Crippen MR) is 78.6 cm³/mol. The van der Waals surface area contributed by atoms with E-state index in [2.05, 4.69) is 10.4 Å². The molecule has 0 aliphatic rings. The molecular weight excluding hydrogens is 254 g/mol. The fourth-order valence-corrected chi connectivity index (χ4v) is 2.00. The van der Waals surface area contributed by atoms with Gasteiger partial charge in [0.1, 0.15) is 12.1 Å². The van der Waals surface area contributed by atoms with Crippen LogP contribution in [-0.2, 0) is 4.79 Å². The Hall–Kier alpha value is -2.30. The van der Waals surface area contributed by atoms with E-state index in [0.717, 1.165) is 23.4 Å². The summed E-state index contributed by atoms with van der Waals surface area (Å²) in [6.45, 7) is 2.46. The van der Waals surface area contributed by atoms with Gasteiger partial charge in [-0.2, -0.15) is 0 Å². The van der Waals surface area contributed by atoms with E-state index in [0.29, 0.717) is 25.3 Å². The second-order valence-corrected chi connectivity index (χ2v) is 4.43. The molecule has 0 spiro atoms. The van der Waals surface area contributed by atoms with Crippen LogP contribution in [0.3, 0.4) is 0 Å². The lowest BCUT2D eigenvalue weighted by atomic mass is 10.3. The molecule has 1 heterocycles. The highest BCUT2D eigenvalue weighted by atomic mass is 16.5. The molecule has 0 fully saturated rings. The number of para-hydroxylation sites is 1. The maximum absolute atomic E-state index is 10.3. The Balaban J connectivity index is 2.23. The van der Waals surface area contributed by atoms with Crippen molar-refractivity contribution in [2.24, 2.45) is 0 Å². The van der Waals surface area contributed by atoms with Crippen LogP contribution in [0.15, 0.2) is 30.3 Å². The predicted octanol–water partition coefficient (Wildman–Crippen LogP) is 2.58. The molecular formula is C15H19N3O2. The third kappa shape index (κ3) is 2.99. The second-order valence-electron chi connectivity index (χ2n) is 4.43. The van der Waals surface area contributed by atoms with Crippen LogP contribution in [0.25, 0.3) is 5.69 Å². The fourth-order valence-electron chi connectivity index (χ4n) is 2.00. The number of aromatic nitrogens is 2. The number of unbranched alkanes of at least 4 members (excludes halogenated alkanes) is 1. The normalized spacial score (nSPS) is 10.3. The van der Waals surface area contributed by atoms with E-state index in [1.54, 1.807) is 0 Å². The van der Waals surface area contributed by atoms with Gasteiger partial charge in [-0.3, -0.25) is 0 Å². The average Bonchev–Trinajstić information content (AvgIpc) is 2.81. The van der Waals surface area contributed by atoms with E-state index in [1.807, 2.05) is 49.0 Å². The fraction of sp³-hybridized carbons (Fsp3) is 0.333. The van der Waals surface area contributed by atoms with Gasteiger partial charge in [0.05, 0.1) is 17.9 Å². The molecule has 0 bridgehead atoms. The number of rotatable bonds is 7. The highest BCUT2D eigenvalue weighted by Gasteiger charge is 2.15. The smallest absolute Gasteiger partial charge is 0.238 e. The summed E-state index contributed by atoms with van der Waals surface area (Å²) in [7, 11) is 1.86. The zero-order chi connectivity index (χ0) is 14.4. The lowest BCUT2D eigenvalue weighted by molar-refractivity contribution is -0.108. The molecule has 5 nitrogen and oxygen atoms in total. The van der Waals surface area contributed by atoms with Gasteiger partial charge in [-0.05, 0) is 25.5 Å². The summed E-state index contributed by atoms with van der Waals surface area (Å²) in [5.74, 6) is 1.51. The van der Waals surface area contributed by atoms with Crippen molar-refractivity contribution in [1.29, 1.82) is 0 Å². The van der Waals surface area contributed by atoms with Crippen molar-refractivity contribution in [1.82, 2.24) is 9.78 Å². The Kier molecular flexibility index (Phi) is 4.76. The molecule has 2 rings (SSSR count). The topological polar surface area (TPSA) is 56.1 Å². The van der Waals surface area contributed by atoms with E-state index < -0.39 is 0 Å². The lowest BCUT2D eigenvalue weighted by Gasteiger charge is -2.06. The number of ether oxygens (including phenoxy) is 1. The summed E-state index contributed by atoms with van der Waals surface area (Å²) in [4.78, 5) is 10.3. The van der Waals surface area contributed by atoms with Crippen LogP contribution in [0.5, 0.6) is 5.88 Å². The Bertz CT molecular complexity index is 564. The molecule has 0 saturated carbocycles. The summed E-state index contributed by atoms with van der Waals surface area (Å²) in [5, 5.41) is 7.64. The van der Waals surface area contributed by atoms with E-state index in [-0.39, 0.29) is 0 Å². The van der Waals surface area contributed by atoms with Crippen LogP contribution in [0.2, 0.25) is 0 Å². The molecule has 106 valence electrons. The molecule has 1 aromatic heterocycles. The highest BCUT2D eigenvalue weighted by molar-refractivity contribution is 5.54. The van der Waals surface area contributed by atoms with Gasteiger partial charge in [0.2, 0.25) is 5.88 Å². The third-order valence-electron chi connectivity index (χ3n) is 3.02. The number of nitrogens with one attached hydrogen (secondary N) is 1. The molecule has 20 heavy (non-hydrogen) atoms. The minimum Gasteiger partial charge on any atom is -0.476 e. The molecule has 1 aromatic carbocycles. The first-order chi connectivity index (χ1) is 9.77. The quantitative estimate of drug-likeness (QED) is 0.622. The van der Waals surface area contributed by atoms with Crippen LogP contribution >= 0.6 is 0 Å². The SMILES string of the molecule is CNc1c(C)c(OCCCC=O)nn1-c1ccccc1. The molecule has 1 N–H and O–H groups in total. The van der Waals surface area contributed by atoms with Crippen LogP contribution < -0.4 is 10.1 Å². The van der Waals surface area contributed by atoms with Crippen molar-refractivity contribution in [2.45, 2.75) is 19.8 Å². The van der Waals surface area contributed by atoms with E-state index in [1.165, 1.54) is 0 Å². The summed E-state index contributed by atoms with van der Waals surface area (Å²) in [6, 6.07) is 9.88. The first kappa shape index (κ1) is 14.1. The molecule has 5 heteroatoms. The van der Waals surface area contributed by atoms with Gasteiger partial charge in [-0.25, -0.2) is 4.68 Å². The largest absolute Gasteiger partial charge is 0.476 e. The number of carbonyl (C=O) groups excluding carboxylic acids is 1.